The van der Waals surface area contributed by atoms with E-state index in [1.165, 1.54) is 10.9 Å². The third-order valence-corrected chi connectivity index (χ3v) is 6.33. The molecule has 0 aromatic heterocycles. The highest BCUT2D eigenvalue weighted by atomic mass is 31.1. The SMILES string of the molecule is Cc1ccc(O)c(Pc2ccccc2CN(c2ccccc2)c2ccccc2)c1. The molecular weight excluding hydrogens is 373 g/mol. The smallest absolute Gasteiger partial charge is 0.123 e. The Morgan fingerprint density at radius 2 is 1.28 bits per heavy atom. The number of benzene rings is 4. The predicted octanol–water partition coefficient (Wildman–Crippen LogP) is 5.67. The molecule has 0 radical (unpaired) electrons. The van der Waals surface area contributed by atoms with Crippen molar-refractivity contribution in [1.29, 1.82) is 0 Å². The molecule has 0 saturated heterocycles. The van der Waals surface area contributed by atoms with Gasteiger partial charge in [0, 0.05) is 23.2 Å². The van der Waals surface area contributed by atoms with Crippen LogP contribution in [0, 0.1) is 6.92 Å². The lowest BCUT2D eigenvalue weighted by Crippen LogP contribution is -2.21. The molecule has 0 heterocycles. The molecule has 4 rings (SSSR count). The van der Waals surface area contributed by atoms with Crippen molar-refractivity contribution in [2.75, 3.05) is 4.90 Å². The second-order valence-corrected chi connectivity index (χ2v) is 8.39. The topological polar surface area (TPSA) is 23.5 Å². The van der Waals surface area contributed by atoms with Gasteiger partial charge in [-0.05, 0) is 54.2 Å². The summed E-state index contributed by atoms with van der Waals surface area (Å²) in [5, 5.41) is 12.6. The zero-order valence-electron chi connectivity index (χ0n) is 16.4. The lowest BCUT2D eigenvalue weighted by atomic mass is 10.1. The molecule has 0 aliphatic heterocycles. The van der Waals surface area contributed by atoms with Crippen molar-refractivity contribution in [2.45, 2.75) is 13.5 Å². The summed E-state index contributed by atoms with van der Waals surface area (Å²) in [7, 11) is 0.409. The van der Waals surface area contributed by atoms with E-state index in [1.807, 2.05) is 18.2 Å². The molecule has 0 amide bonds. The molecule has 0 bridgehead atoms. The van der Waals surface area contributed by atoms with Crippen LogP contribution in [0.25, 0.3) is 0 Å². The van der Waals surface area contributed by atoms with Crippen LogP contribution in [0.5, 0.6) is 5.75 Å². The lowest BCUT2D eigenvalue weighted by molar-refractivity contribution is 0.479. The van der Waals surface area contributed by atoms with Crippen LogP contribution in [0.2, 0.25) is 0 Å². The second-order valence-electron chi connectivity index (χ2n) is 7.06. The molecule has 144 valence electrons. The molecule has 0 saturated carbocycles. The zero-order chi connectivity index (χ0) is 20.1. The molecule has 2 nitrogen and oxygen atoms in total. The van der Waals surface area contributed by atoms with E-state index < -0.39 is 0 Å². The van der Waals surface area contributed by atoms with E-state index in [9.17, 15) is 5.11 Å². The van der Waals surface area contributed by atoms with Gasteiger partial charge in [-0.1, -0.05) is 80.9 Å². The summed E-state index contributed by atoms with van der Waals surface area (Å²) in [5.41, 5.74) is 4.75. The van der Waals surface area contributed by atoms with E-state index in [-0.39, 0.29) is 0 Å². The van der Waals surface area contributed by atoms with Crippen LogP contribution in [-0.2, 0) is 6.54 Å². The van der Waals surface area contributed by atoms with Crippen LogP contribution in [0.1, 0.15) is 11.1 Å². The molecular formula is C26H24NOP. The van der Waals surface area contributed by atoms with Gasteiger partial charge in [-0.15, -0.1) is 0 Å². The number of phenolic OH excluding ortho intramolecular Hbond substituents is 1. The maximum atomic E-state index is 10.3. The largest absolute Gasteiger partial charge is 0.507 e. The fourth-order valence-electron chi connectivity index (χ4n) is 3.39. The quantitative estimate of drug-likeness (QED) is 0.424. The van der Waals surface area contributed by atoms with E-state index in [1.54, 1.807) is 6.07 Å². The maximum Gasteiger partial charge on any atom is 0.123 e. The van der Waals surface area contributed by atoms with Crippen molar-refractivity contribution in [3.05, 3.63) is 114 Å². The highest BCUT2D eigenvalue weighted by molar-refractivity contribution is 7.55. The van der Waals surface area contributed by atoms with Gasteiger partial charge in [-0.2, -0.15) is 0 Å². The Morgan fingerprint density at radius 1 is 0.690 bits per heavy atom. The first kappa shape index (κ1) is 19.2. The Kier molecular flexibility index (Phi) is 5.93. The summed E-state index contributed by atoms with van der Waals surface area (Å²) < 4.78 is 0. The van der Waals surface area contributed by atoms with Crippen LogP contribution < -0.4 is 15.5 Å². The first-order valence-electron chi connectivity index (χ1n) is 9.73. The maximum absolute atomic E-state index is 10.3. The monoisotopic (exact) mass is 397 g/mol. The Morgan fingerprint density at radius 3 is 1.93 bits per heavy atom. The lowest BCUT2D eigenvalue weighted by Gasteiger charge is -2.26. The molecule has 0 aliphatic rings. The molecule has 4 aromatic rings. The molecule has 29 heavy (non-hydrogen) atoms. The molecule has 0 fully saturated rings. The number of anilines is 2. The zero-order valence-corrected chi connectivity index (χ0v) is 17.4. The van der Waals surface area contributed by atoms with Crippen molar-refractivity contribution in [1.82, 2.24) is 0 Å². The average molecular weight is 397 g/mol. The fourth-order valence-corrected chi connectivity index (χ4v) is 4.70. The van der Waals surface area contributed by atoms with Crippen molar-refractivity contribution < 1.29 is 5.11 Å². The molecule has 1 unspecified atom stereocenters. The second kappa shape index (κ2) is 8.94. The predicted molar refractivity (Wildman–Crippen MR) is 126 cm³/mol. The Balaban J connectivity index is 1.70. The highest BCUT2D eigenvalue weighted by Crippen LogP contribution is 2.28. The van der Waals surface area contributed by atoms with Crippen molar-refractivity contribution in [3.63, 3.8) is 0 Å². The van der Waals surface area contributed by atoms with Crippen LogP contribution >= 0.6 is 8.58 Å². The standard InChI is InChI=1S/C26H24NOP/c1-20-16-17-24(28)26(18-20)29-25-15-9-8-10-21(25)19-27(22-11-4-2-5-12-22)23-13-6-3-7-14-23/h2-18,28-29H,19H2,1H3. The average Bonchev–Trinajstić information content (AvgIpc) is 2.77. The van der Waals surface area contributed by atoms with E-state index in [0.717, 1.165) is 28.8 Å². The van der Waals surface area contributed by atoms with Gasteiger partial charge in [0.15, 0.2) is 0 Å². The van der Waals surface area contributed by atoms with E-state index in [4.69, 9.17) is 0 Å². The number of hydrogen-bond acceptors (Lipinski definition) is 2. The minimum atomic E-state index is 0.367. The van der Waals surface area contributed by atoms with Gasteiger partial charge < -0.3 is 10.0 Å². The highest BCUT2D eigenvalue weighted by Gasteiger charge is 2.13. The number of aromatic hydroxyl groups is 1. The van der Waals surface area contributed by atoms with Crippen molar-refractivity contribution >= 4 is 30.6 Å². The number of rotatable bonds is 6. The summed E-state index contributed by atoms with van der Waals surface area (Å²) in [6, 6.07) is 35.3. The molecule has 3 heteroatoms. The summed E-state index contributed by atoms with van der Waals surface area (Å²) in [6.45, 7) is 2.83. The van der Waals surface area contributed by atoms with Crippen molar-refractivity contribution in [2.24, 2.45) is 0 Å². The van der Waals surface area contributed by atoms with E-state index >= 15 is 0 Å². The summed E-state index contributed by atoms with van der Waals surface area (Å²) in [4.78, 5) is 2.33. The van der Waals surface area contributed by atoms with E-state index in [2.05, 4.69) is 90.7 Å². The van der Waals surface area contributed by atoms with Gasteiger partial charge in [-0.25, -0.2) is 0 Å². The van der Waals surface area contributed by atoms with E-state index in [0.29, 0.717) is 14.3 Å². The van der Waals surface area contributed by atoms with Crippen LogP contribution in [-0.4, -0.2) is 5.11 Å². The van der Waals surface area contributed by atoms with Gasteiger partial charge in [0.1, 0.15) is 5.75 Å². The number of nitrogens with zero attached hydrogens (tertiary/aromatic N) is 1. The van der Waals surface area contributed by atoms with Crippen LogP contribution in [0.3, 0.4) is 0 Å². The van der Waals surface area contributed by atoms with Gasteiger partial charge in [0.05, 0.1) is 0 Å². The number of aryl methyl sites for hydroxylation is 1. The summed E-state index contributed by atoms with van der Waals surface area (Å²) in [5.74, 6) is 0.367. The van der Waals surface area contributed by atoms with Gasteiger partial charge in [-0.3, -0.25) is 0 Å². The minimum Gasteiger partial charge on any atom is -0.507 e. The third kappa shape index (κ3) is 4.67. The summed E-state index contributed by atoms with van der Waals surface area (Å²) in [6.07, 6.45) is 0. The first-order valence-corrected chi connectivity index (χ1v) is 10.7. The minimum absolute atomic E-state index is 0.367. The third-order valence-electron chi connectivity index (χ3n) is 4.90. The van der Waals surface area contributed by atoms with Gasteiger partial charge in [0.2, 0.25) is 0 Å². The Hall–Kier alpha value is -3.09. The Bertz CT molecular complexity index is 1040. The molecule has 0 spiro atoms. The fraction of sp³-hybridized carbons (Fsp3) is 0.0769. The number of phenols is 1. The molecule has 1 atom stereocenters. The Labute approximate surface area is 174 Å². The van der Waals surface area contributed by atoms with Gasteiger partial charge >= 0.3 is 0 Å². The normalized spacial score (nSPS) is 11.1. The number of para-hydroxylation sites is 2. The van der Waals surface area contributed by atoms with Gasteiger partial charge in [0.25, 0.3) is 0 Å². The van der Waals surface area contributed by atoms with Crippen LogP contribution in [0.4, 0.5) is 11.4 Å². The molecule has 0 aliphatic carbocycles. The molecule has 4 aromatic carbocycles. The first-order chi connectivity index (χ1) is 14.2. The molecule has 1 N–H and O–H groups in total. The number of hydrogen-bond donors (Lipinski definition) is 1. The summed E-state index contributed by atoms with van der Waals surface area (Å²) >= 11 is 0. The van der Waals surface area contributed by atoms with Crippen LogP contribution in [0.15, 0.2) is 103 Å². The van der Waals surface area contributed by atoms with Crippen molar-refractivity contribution in [3.8, 4) is 5.75 Å².